The van der Waals surface area contributed by atoms with Crippen LogP contribution in [0.5, 0.6) is 0 Å². The minimum Gasteiger partial charge on any atom is -0.449 e. The summed E-state index contributed by atoms with van der Waals surface area (Å²) < 4.78 is 5.19. The van der Waals surface area contributed by atoms with Crippen LogP contribution in [-0.2, 0) is 20.7 Å². The molecule has 13 heteroatoms. The van der Waals surface area contributed by atoms with Gasteiger partial charge in [-0.05, 0) is 31.6 Å². The number of anilines is 1. The van der Waals surface area contributed by atoms with Crippen LogP contribution in [-0.4, -0.2) is 67.0 Å². The Balaban J connectivity index is 2.43. The van der Waals surface area contributed by atoms with Gasteiger partial charge in [-0.25, -0.2) is 29.2 Å². The second-order valence-corrected chi connectivity index (χ2v) is 8.91. The summed E-state index contributed by atoms with van der Waals surface area (Å²) in [5.74, 6) is -0.0118. The van der Waals surface area contributed by atoms with E-state index in [1.165, 1.54) is 12.2 Å². The normalized spacial score (nSPS) is 10.3. The molecule has 0 fully saturated rings. The first kappa shape index (κ1) is 32.2. The van der Waals surface area contributed by atoms with Crippen molar-refractivity contribution in [3.63, 3.8) is 0 Å². The van der Waals surface area contributed by atoms with E-state index in [0.717, 1.165) is 51.4 Å². The van der Waals surface area contributed by atoms with Crippen LogP contribution in [0.15, 0.2) is 14.8 Å². The Morgan fingerprint density at radius 3 is 2.08 bits per heavy atom. The summed E-state index contributed by atoms with van der Waals surface area (Å²) in [5.41, 5.74) is 0.514. The van der Waals surface area contributed by atoms with Crippen LogP contribution < -0.4 is 21.5 Å². The third-order valence-electron chi connectivity index (χ3n) is 5.52. The highest BCUT2D eigenvalue weighted by atomic mass is 16.5. The van der Waals surface area contributed by atoms with Gasteiger partial charge in [-0.15, -0.1) is 0 Å². The van der Waals surface area contributed by atoms with Gasteiger partial charge in [0.2, 0.25) is 18.1 Å². The molecule has 210 valence electrons. The van der Waals surface area contributed by atoms with Crippen molar-refractivity contribution in [2.24, 2.45) is 9.98 Å². The van der Waals surface area contributed by atoms with E-state index in [1.807, 2.05) is 13.8 Å². The standard InChI is InChI=1S/C25H39N7O6/c1-19(2)21-20(11-16-38-25(37)29-15-10-6-4-8-13-27-18-34)22(35)31-23(30-21)32-24(36)28-14-9-5-3-7-12-26-17-33/h19H,3-16H2,1-2H3,(H,29,37)(H3,28,30,31,32,35,36). The Hall–Kier alpha value is -3.82. The average molecular weight is 534 g/mol. The van der Waals surface area contributed by atoms with Crippen molar-refractivity contribution in [2.45, 2.75) is 77.6 Å². The third-order valence-corrected chi connectivity index (χ3v) is 5.52. The highest BCUT2D eigenvalue weighted by molar-refractivity contribution is 5.87. The van der Waals surface area contributed by atoms with E-state index in [4.69, 9.17) is 4.74 Å². The molecular formula is C25H39N7O6. The highest BCUT2D eigenvalue weighted by Crippen LogP contribution is 2.16. The molecule has 0 radical (unpaired) electrons. The number of rotatable bonds is 19. The summed E-state index contributed by atoms with van der Waals surface area (Å²) in [6.07, 6.45) is 9.37. The van der Waals surface area contributed by atoms with Crippen LogP contribution >= 0.6 is 0 Å². The summed E-state index contributed by atoms with van der Waals surface area (Å²) in [4.78, 5) is 70.6. The summed E-state index contributed by atoms with van der Waals surface area (Å²) in [5, 5.41) is 7.94. The number of urea groups is 1. The first-order valence-electron chi connectivity index (χ1n) is 13.0. The molecule has 0 aliphatic heterocycles. The zero-order chi connectivity index (χ0) is 28.0. The molecule has 13 nitrogen and oxygen atoms in total. The molecule has 0 bridgehead atoms. The zero-order valence-electron chi connectivity index (χ0n) is 22.3. The number of nitrogens with one attached hydrogen (secondary N) is 4. The number of H-pyrrole nitrogens is 1. The fraction of sp³-hybridized carbons (Fsp3) is 0.680. The van der Waals surface area contributed by atoms with Gasteiger partial charge in [-0.3, -0.25) is 10.1 Å². The molecule has 4 N–H and O–H groups in total. The van der Waals surface area contributed by atoms with Crippen LogP contribution in [0.3, 0.4) is 0 Å². The maximum absolute atomic E-state index is 12.6. The lowest BCUT2D eigenvalue weighted by molar-refractivity contribution is 0.147. The number of hydrogen-bond donors (Lipinski definition) is 4. The molecule has 1 heterocycles. The Labute approximate surface area is 222 Å². The molecule has 3 amide bonds. The number of hydrogen-bond acceptors (Lipinski definition) is 9. The smallest absolute Gasteiger partial charge is 0.407 e. The zero-order valence-corrected chi connectivity index (χ0v) is 22.3. The van der Waals surface area contributed by atoms with Crippen molar-refractivity contribution in [3.05, 3.63) is 21.6 Å². The maximum Gasteiger partial charge on any atom is 0.407 e. The number of alkyl carbamates (subject to hydrolysis) is 1. The van der Waals surface area contributed by atoms with Crippen molar-refractivity contribution >= 4 is 30.2 Å². The maximum atomic E-state index is 12.6. The summed E-state index contributed by atoms with van der Waals surface area (Å²) in [6, 6.07) is -0.476. The SMILES string of the molecule is CC(C)c1[nH]c(NC(=O)NCCCCCCN=C=O)nc(=O)c1CCOC(=O)NCCCCCCN=C=O. The molecule has 0 saturated carbocycles. The predicted molar refractivity (Wildman–Crippen MR) is 142 cm³/mol. The molecule has 0 aliphatic carbocycles. The number of amides is 3. The molecule has 1 aromatic rings. The molecule has 0 aromatic carbocycles. The first-order valence-corrected chi connectivity index (χ1v) is 13.0. The number of ether oxygens (including phenoxy) is 1. The fourth-order valence-corrected chi connectivity index (χ4v) is 3.58. The van der Waals surface area contributed by atoms with Crippen LogP contribution in [0.1, 0.15) is 82.4 Å². The number of carbonyl (C=O) groups is 2. The molecule has 0 atom stereocenters. The summed E-state index contributed by atoms with van der Waals surface area (Å²) >= 11 is 0. The van der Waals surface area contributed by atoms with E-state index in [-0.39, 0.29) is 24.9 Å². The second-order valence-electron chi connectivity index (χ2n) is 8.91. The van der Waals surface area contributed by atoms with Crippen molar-refractivity contribution in [3.8, 4) is 0 Å². The number of isocyanates is 2. The van der Waals surface area contributed by atoms with E-state index < -0.39 is 17.7 Å². The van der Waals surface area contributed by atoms with Gasteiger partial charge in [0.25, 0.3) is 5.56 Å². The molecule has 1 aromatic heterocycles. The Bertz CT molecular complexity index is 1010. The topological polar surface area (TPSA) is 184 Å². The summed E-state index contributed by atoms with van der Waals surface area (Å²) in [7, 11) is 0. The van der Waals surface area contributed by atoms with Crippen molar-refractivity contribution in [1.82, 2.24) is 20.6 Å². The van der Waals surface area contributed by atoms with Crippen molar-refractivity contribution in [1.29, 1.82) is 0 Å². The number of carbonyl (C=O) groups excluding carboxylic acids is 4. The van der Waals surface area contributed by atoms with Gasteiger partial charge in [0.15, 0.2) is 0 Å². The molecule has 0 saturated heterocycles. The van der Waals surface area contributed by atoms with Gasteiger partial charge >= 0.3 is 12.1 Å². The van der Waals surface area contributed by atoms with Gasteiger partial charge in [-0.1, -0.05) is 39.5 Å². The van der Waals surface area contributed by atoms with E-state index in [2.05, 4.69) is 35.9 Å². The Kier molecular flexibility index (Phi) is 17.2. The second kappa shape index (κ2) is 20.3. The monoisotopic (exact) mass is 533 g/mol. The lowest BCUT2D eigenvalue weighted by atomic mass is 10.0. The van der Waals surface area contributed by atoms with Crippen LogP contribution in [0.2, 0.25) is 0 Å². The Morgan fingerprint density at radius 2 is 1.50 bits per heavy atom. The average Bonchev–Trinajstić information content (AvgIpc) is 2.88. The van der Waals surface area contributed by atoms with E-state index in [0.29, 0.717) is 37.4 Å². The largest absolute Gasteiger partial charge is 0.449 e. The minimum absolute atomic E-state index is 0.00870. The van der Waals surface area contributed by atoms with Gasteiger partial charge in [-0.2, -0.15) is 4.98 Å². The fourth-order valence-electron chi connectivity index (χ4n) is 3.58. The third kappa shape index (κ3) is 14.7. The van der Waals surface area contributed by atoms with Crippen LogP contribution in [0.25, 0.3) is 0 Å². The quantitative estimate of drug-likeness (QED) is 0.120. The van der Waals surface area contributed by atoms with E-state index in [1.54, 1.807) is 0 Å². The lowest BCUT2D eigenvalue weighted by Gasteiger charge is -2.15. The molecule has 0 aliphatic rings. The van der Waals surface area contributed by atoms with E-state index >= 15 is 0 Å². The molecule has 0 spiro atoms. The molecule has 1 rings (SSSR count). The number of aromatic amines is 1. The van der Waals surface area contributed by atoms with Gasteiger partial charge in [0.1, 0.15) is 0 Å². The van der Waals surface area contributed by atoms with Crippen LogP contribution in [0, 0.1) is 0 Å². The van der Waals surface area contributed by atoms with Gasteiger partial charge in [0.05, 0.1) is 19.7 Å². The van der Waals surface area contributed by atoms with Crippen molar-refractivity contribution < 1.29 is 23.9 Å². The summed E-state index contributed by atoms with van der Waals surface area (Å²) in [6.45, 7) is 5.67. The van der Waals surface area contributed by atoms with Gasteiger partial charge < -0.3 is 20.4 Å². The molecular weight excluding hydrogens is 494 g/mol. The van der Waals surface area contributed by atoms with Crippen molar-refractivity contribution in [2.75, 3.05) is 38.1 Å². The molecule has 0 unspecified atom stereocenters. The minimum atomic E-state index is -0.560. The number of aromatic nitrogens is 2. The van der Waals surface area contributed by atoms with E-state index in [9.17, 15) is 24.0 Å². The van der Waals surface area contributed by atoms with Crippen LogP contribution in [0.4, 0.5) is 15.5 Å². The lowest BCUT2D eigenvalue weighted by Crippen LogP contribution is -2.32. The first-order chi connectivity index (χ1) is 18.4. The number of unbranched alkanes of at least 4 members (excludes halogenated alkanes) is 6. The van der Waals surface area contributed by atoms with Gasteiger partial charge in [0, 0.05) is 30.8 Å². The highest BCUT2D eigenvalue weighted by Gasteiger charge is 2.16. The molecule has 38 heavy (non-hydrogen) atoms. The number of aliphatic imine (C=N–C) groups is 2. The number of nitrogens with zero attached hydrogens (tertiary/aromatic N) is 3. The predicted octanol–water partition coefficient (Wildman–Crippen LogP) is 3.08. The Morgan fingerprint density at radius 1 is 0.921 bits per heavy atom.